The molecule has 1 aliphatic rings. The Morgan fingerprint density at radius 2 is 1.06 bits per heavy atom. The highest BCUT2D eigenvalue weighted by Gasteiger charge is 2.36. The summed E-state index contributed by atoms with van der Waals surface area (Å²) >= 11 is 0. The van der Waals surface area contributed by atoms with Gasteiger partial charge in [-0.2, -0.15) is 0 Å². The molecule has 2 aromatic carbocycles. The van der Waals surface area contributed by atoms with Gasteiger partial charge in [-0.25, -0.2) is 0 Å². The molecule has 2 atom stereocenters. The van der Waals surface area contributed by atoms with E-state index in [-0.39, 0.29) is 0 Å². The average Bonchev–Trinajstić information content (AvgIpc) is 3.10. The third-order valence-corrected chi connectivity index (χ3v) is 3.75. The fourth-order valence-electron chi connectivity index (χ4n) is 2.64. The van der Waals surface area contributed by atoms with Crippen molar-refractivity contribution in [3.05, 3.63) is 71.8 Å². The summed E-state index contributed by atoms with van der Waals surface area (Å²) in [6, 6.07) is 21.8. The lowest BCUT2D eigenvalue weighted by molar-refractivity contribution is 0.693. The number of benzene rings is 2. The molecular formula is C17H18. The molecule has 0 heterocycles. The maximum Gasteiger partial charge on any atom is -0.0248 e. The van der Waals surface area contributed by atoms with Crippen molar-refractivity contribution >= 4 is 0 Å². The van der Waals surface area contributed by atoms with Gasteiger partial charge in [0.1, 0.15) is 0 Å². The van der Waals surface area contributed by atoms with Crippen LogP contribution in [0.5, 0.6) is 0 Å². The molecule has 17 heavy (non-hydrogen) atoms. The molecule has 86 valence electrons. The molecule has 0 nitrogen and oxygen atoms in total. The van der Waals surface area contributed by atoms with Crippen molar-refractivity contribution in [3.63, 3.8) is 0 Å². The molecule has 0 amide bonds. The van der Waals surface area contributed by atoms with Crippen LogP contribution in [0.15, 0.2) is 60.7 Å². The Labute approximate surface area is 103 Å². The maximum absolute atomic E-state index is 2.25. The smallest absolute Gasteiger partial charge is 0.0248 e. The summed E-state index contributed by atoms with van der Waals surface area (Å²) in [7, 11) is 0. The van der Waals surface area contributed by atoms with Gasteiger partial charge in [-0.05, 0) is 42.2 Å². The van der Waals surface area contributed by atoms with Crippen molar-refractivity contribution in [3.8, 4) is 0 Å². The van der Waals surface area contributed by atoms with Crippen LogP contribution < -0.4 is 0 Å². The molecule has 0 aliphatic heterocycles. The third-order valence-electron chi connectivity index (χ3n) is 3.75. The van der Waals surface area contributed by atoms with Crippen LogP contribution in [-0.4, -0.2) is 0 Å². The van der Waals surface area contributed by atoms with E-state index >= 15 is 0 Å². The Morgan fingerprint density at radius 3 is 1.47 bits per heavy atom. The van der Waals surface area contributed by atoms with Crippen molar-refractivity contribution in [1.82, 2.24) is 0 Å². The second kappa shape index (κ2) is 4.75. The van der Waals surface area contributed by atoms with Crippen molar-refractivity contribution in [1.29, 1.82) is 0 Å². The van der Waals surface area contributed by atoms with Crippen LogP contribution in [0.2, 0.25) is 0 Å². The van der Waals surface area contributed by atoms with Gasteiger partial charge in [0, 0.05) is 0 Å². The minimum Gasteiger partial charge on any atom is -0.0622 e. The van der Waals surface area contributed by atoms with Gasteiger partial charge in [-0.1, -0.05) is 60.7 Å². The Kier molecular flexibility index (Phi) is 2.96. The molecule has 0 saturated heterocycles. The number of rotatable bonds is 4. The molecule has 0 bridgehead atoms. The second-order valence-electron chi connectivity index (χ2n) is 5.14. The van der Waals surface area contributed by atoms with Crippen LogP contribution in [0, 0.1) is 11.8 Å². The zero-order chi connectivity index (χ0) is 11.5. The quantitative estimate of drug-likeness (QED) is 0.730. The van der Waals surface area contributed by atoms with Crippen molar-refractivity contribution < 1.29 is 0 Å². The van der Waals surface area contributed by atoms with E-state index in [1.165, 1.54) is 30.4 Å². The summed E-state index contributed by atoms with van der Waals surface area (Å²) < 4.78 is 0. The predicted molar refractivity (Wildman–Crippen MR) is 71.9 cm³/mol. The molecule has 0 heteroatoms. The molecule has 1 saturated carbocycles. The standard InChI is InChI=1S/C17H18/c1-3-7-14(8-4-1)11-16-13-17(16)12-15-9-5-2-6-10-15/h1-10,16-17H,11-13H2/t16-,17-/m1/s1. The van der Waals surface area contributed by atoms with E-state index in [0.717, 1.165) is 11.8 Å². The molecule has 1 aliphatic carbocycles. The second-order valence-corrected chi connectivity index (χ2v) is 5.14. The topological polar surface area (TPSA) is 0 Å². The highest BCUT2D eigenvalue weighted by Crippen LogP contribution is 2.43. The van der Waals surface area contributed by atoms with Crippen LogP contribution in [0.25, 0.3) is 0 Å². The first-order chi connectivity index (χ1) is 8.42. The minimum absolute atomic E-state index is 0.914. The molecule has 0 N–H and O–H groups in total. The van der Waals surface area contributed by atoms with Crippen LogP contribution in [0.1, 0.15) is 17.5 Å². The summed E-state index contributed by atoms with van der Waals surface area (Å²) in [5.41, 5.74) is 2.99. The van der Waals surface area contributed by atoms with E-state index in [4.69, 9.17) is 0 Å². The molecule has 0 aromatic heterocycles. The summed E-state index contributed by atoms with van der Waals surface area (Å²) in [6.45, 7) is 0. The van der Waals surface area contributed by atoms with Crippen molar-refractivity contribution in [2.24, 2.45) is 11.8 Å². The summed E-state index contributed by atoms with van der Waals surface area (Å²) in [4.78, 5) is 0. The van der Waals surface area contributed by atoms with E-state index in [1.54, 1.807) is 0 Å². The zero-order valence-corrected chi connectivity index (χ0v) is 10.0. The highest BCUT2D eigenvalue weighted by molar-refractivity contribution is 5.20. The number of hydrogen-bond acceptors (Lipinski definition) is 0. The molecule has 0 unspecified atom stereocenters. The maximum atomic E-state index is 2.25. The largest absolute Gasteiger partial charge is 0.0622 e. The lowest BCUT2D eigenvalue weighted by atomic mass is 10.0. The first kappa shape index (κ1) is 10.6. The fraction of sp³-hybridized carbons (Fsp3) is 0.294. The highest BCUT2D eigenvalue weighted by atomic mass is 14.4. The van der Waals surface area contributed by atoms with Crippen molar-refractivity contribution in [2.45, 2.75) is 19.3 Å². The van der Waals surface area contributed by atoms with Gasteiger partial charge >= 0.3 is 0 Å². The van der Waals surface area contributed by atoms with Crippen LogP contribution in [0.4, 0.5) is 0 Å². The Balaban J connectivity index is 1.54. The first-order valence-electron chi connectivity index (χ1n) is 6.49. The average molecular weight is 222 g/mol. The van der Waals surface area contributed by atoms with Gasteiger partial charge in [0.2, 0.25) is 0 Å². The van der Waals surface area contributed by atoms with Crippen molar-refractivity contribution in [2.75, 3.05) is 0 Å². The van der Waals surface area contributed by atoms with Crippen LogP contribution in [0.3, 0.4) is 0 Å². The fourth-order valence-corrected chi connectivity index (χ4v) is 2.64. The minimum atomic E-state index is 0.914. The van der Waals surface area contributed by atoms with Gasteiger partial charge in [0.05, 0.1) is 0 Å². The van der Waals surface area contributed by atoms with Gasteiger partial charge < -0.3 is 0 Å². The molecule has 0 radical (unpaired) electrons. The Morgan fingerprint density at radius 1 is 0.647 bits per heavy atom. The lowest BCUT2D eigenvalue weighted by Gasteiger charge is -2.01. The SMILES string of the molecule is c1ccc(C[C@@H]2C[C@H]2Cc2ccccc2)cc1. The predicted octanol–water partition coefficient (Wildman–Crippen LogP) is 4.11. The van der Waals surface area contributed by atoms with Gasteiger partial charge in [0.15, 0.2) is 0 Å². The normalized spacial score (nSPS) is 22.4. The Hall–Kier alpha value is -1.56. The van der Waals surface area contributed by atoms with E-state index < -0.39 is 0 Å². The summed E-state index contributed by atoms with van der Waals surface area (Å²) in [5.74, 6) is 1.83. The summed E-state index contributed by atoms with van der Waals surface area (Å²) in [6.07, 6.45) is 3.93. The van der Waals surface area contributed by atoms with E-state index in [1.807, 2.05) is 0 Å². The zero-order valence-electron chi connectivity index (χ0n) is 10.0. The molecule has 3 rings (SSSR count). The van der Waals surface area contributed by atoms with E-state index in [2.05, 4.69) is 60.7 Å². The molecular weight excluding hydrogens is 204 g/mol. The van der Waals surface area contributed by atoms with Gasteiger partial charge in [0.25, 0.3) is 0 Å². The van der Waals surface area contributed by atoms with Gasteiger partial charge in [-0.3, -0.25) is 0 Å². The lowest BCUT2D eigenvalue weighted by Crippen LogP contribution is -1.93. The number of hydrogen-bond donors (Lipinski definition) is 0. The monoisotopic (exact) mass is 222 g/mol. The first-order valence-corrected chi connectivity index (χ1v) is 6.49. The van der Waals surface area contributed by atoms with Crippen LogP contribution in [-0.2, 0) is 12.8 Å². The molecule has 1 fully saturated rings. The molecule has 2 aromatic rings. The van der Waals surface area contributed by atoms with Crippen LogP contribution >= 0.6 is 0 Å². The third kappa shape index (κ3) is 2.76. The Bertz CT molecular complexity index is 412. The summed E-state index contributed by atoms with van der Waals surface area (Å²) in [5, 5.41) is 0. The van der Waals surface area contributed by atoms with E-state index in [9.17, 15) is 0 Å². The van der Waals surface area contributed by atoms with E-state index in [0.29, 0.717) is 0 Å². The van der Waals surface area contributed by atoms with Gasteiger partial charge in [-0.15, -0.1) is 0 Å². The molecule has 0 spiro atoms.